The van der Waals surface area contributed by atoms with Gasteiger partial charge in [-0.15, -0.1) is 0 Å². The van der Waals surface area contributed by atoms with E-state index in [9.17, 15) is 14.3 Å². The van der Waals surface area contributed by atoms with E-state index < -0.39 is 16.4 Å². The van der Waals surface area contributed by atoms with Crippen LogP contribution in [0.2, 0.25) is 0 Å². The van der Waals surface area contributed by atoms with Crippen LogP contribution in [0.5, 0.6) is 5.75 Å². The van der Waals surface area contributed by atoms with Crippen molar-refractivity contribution in [2.24, 2.45) is 0 Å². The van der Waals surface area contributed by atoms with E-state index in [1.54, 1.807) is 12.1 Å². The number of aromatic nitrogens is 1. The number of aromatic amines is 1. The number of benzene rings is 2. The third-order valence-corrected chi connectivity index (χ3v) is 4.86. The lowest BCUT2D eigenvalue weighted by Gasteiger charge is -2.10. The first kappa shape index (κ1) is 17.6. The highest BCUT2D eigenvalue weighted by Gasteiger charge is 2.17. The highest BCUT2D eigenvalue weighted by atomic mass is 32.2. The molecule has 26 heavy (non-hydrogen) atoms. The van der Waals surface area contributed by atoms with Crippen molar-refractivity contribution in [2.45, 2.75) is 11.5 Å². The van der Waals surface area contributed by atoms with E-state index in [0.29, 0.717) is 17.9 Å². The van der Waals surface area contributed by atoms with Crippen molar-refractivity contribution < 1.29 is 8.95 Å². The van der Waals surface area contributed by atoms with E-state index in [1.807, 2.05) is 48.5 Å². The van der Waals surface area contributed by atoms with E-state index >= 15 is 0 Å². The van der Waals surface area contributed by atoms with Crippen molar-refractivity contribution in [2.75, 3.05) is 6.26 Å². The second-order valence-corrected chi connectivity index (χ2v) is 6.92. The number of nitrogens with zero attached hydrogens (tertiary/aromatic N) is 1. The van der Waals surface area contributed by atoms with Crippen LogP contribution in [-0.4, -0.2) is 15.4 Å². The molecular formula is C20H16N2O3S. The third kappa shape index (κ3) is 3.73. The molecule has 5 nitrogen and oxygen atoms in total. The quantitative estimate of drug-likeness (QED) is 0.753. The lowest BCUT2D eigenvalue weighted by Crippen LogP contribution is -2.14. The average molecular weight is 364 g/mol. The molecular weight excluding hydrogens is 348 g/mol. The molecule has 2 aromatic carbocycles. The lowest BCUT2D eigenvalue weighted by molar-refractivity contribution is 0.306. The number of rotatable bonds is 5. The molecule has 3 aromatic rings. The number of ether oxygens (including phenoxy) is 1. The highest BCUT2D eigenvalue weighted by molar-refractivity contribution is 7.84. The summed E-state index contributed by atoms with van der Waals surface area (Å²) < 4.78 is 17.8. The maximum Gasteiger partial charge on any atom is 0.267 e. The first-order valence-corrected chi connectivity index (χ1v) is 9.42. The molecule has 0 bridgehead atoms. The minimum absolute atomic E-state index is 0.118. The Balaban J connectivity index is 1.88. The van der Waals surface area contributed by atoms with E-state index in [0.717, 1.165) is 11.1 Å². The van der Waals surface area contributed by atoms with Crippen LogP contribution in [0.15, 0.2) is 70.5 Å². The van der Waals surface area contributed by atoms with Crippen LogP contribution in [0, 0.1) is 11.3 Å². The van der Waals surface area contributed by atoms with Crippen LogP contribution < -0.4 is 10.3 Å². The van der Waals surface area contributed by atoms with Gasteiger partial charge in [0.15, 0.2) is 0 Å². The Morgan fingerprint density at radius 3 is 2.42 bits per heavy atom. The second-order valence-electron chi connectivity index (χ2n) is 5.60. The van der Waals surface area contributed by atoms with E-state index in [2.05, 4.69) is 4.98 Å². The maximum absolute atomic E-state index is 12.1. The summed E-state index contributed by atoms with van der Waals surface area (Å²) >= 11 is 0. The Kier molecular flexibility index (Phi) is 5.30. The predicted octanol–water partition coefficient (Wildman–Crippen LogP) is 3.23. The standard InChI is InChI=1S/C20H16N2O3S/c1-26(24)19-17(11-21)20(23)22-12-18(19)15-7-9-16(10-8-15)25-13-14-5-3-2-4-6-14/h2-10,12H,13H2,1H3,(H,22,23). The molecule has 0 spiro atoms. The molecule has 3 rings (SSSR count). The Morgan fingerprint density at radius 1 is 1.12 bits per heavy atom. The van der Waals surface area contributed by atoms with Crippen molar-refractivity contribution in [1.82, 2.24) is 4.98 Å². The zero-order valence-electron chi connectivity index (χ0n) is 14.1. The van der Waals surface area contributed by atoms with Gasteiger partial charge in [-0.25, -0.2) is 0 Å². The predicted molar refractivity (Wildman–Crippen MR) is 100 cm³/mol. The van der Waals surface area contributed by atoms with Gasteiger partial charge in [0.25, 0.3) is 5.56 Å². The summed E-state index contributed by atoms with van der Waals surface area (Å²) in [4.78, 5) is 14.6. The Bertz CT molecular complexity index is 1040. The second kappa shape index (κ2) is 7.81. The van der Waals surface area contributed by atoms with Crippen LogP contribution in [0.3, 0.4) is 0 Å². The molecule has 0 aliphatic heterocycles. The average Bonchev–Trinajstić information content (AvgIpc) is 2.67. The van der Waals surface area contributed by atoms with Gasteiger partial charge >= 0.3 is 0 Å². The van der Waals surface area contributed by atoms with Crippen LogP contribution in [0.4, 0.5) is 0 Å². The number of pyridine rings is 1. The van der Waals surface area contributed by atoms with E-state index in [-0.39, 0.29) is 10.5 Å². The minimum Gasteiger partial charge on any atom is -0.489 e. The first-order chi connectivity index (χ1) is 12.6. The molecule has 6 heteroatoms. The number of hydrogen-bond acceptors (Lipinski definition) is 4. The van der Waals surface area contributed by atoms with Gasteiger partial charge in [-0.3, -0.25) is 9.00 Å². The number of nitrogens with one attached hydrogen (secondary N) is 1. The van der Waals surface area contributed by atoms with Crippen molar-refractivity contribution >= 4 is 10.8 Å². The molecule has 1 unspecified atom stereocenters. The van der Waals surface area contributed by atoms with Crippen LogP contribution in [0.1, 0.15) is 11.1 Å². The topological polar surface area (TPSA) is 83.0 Å². The summed E-state index contributed by atoms with van der Waals surface area (Å²) in [6, 6.07) is 18.9. The fourth-order valence-electron chi connectivity index (χ4n) is 2.60. The monoisotopic (exact) mass is 364 g/mol. The van der Waals surface area contributed by atoms with Crippen molar-refractivity contribution in [1.29, 1.82) is 5.26 Å². The summed E-state index contributed by atoms with van der Waals surface area (Å²) in [7, 11) is -1.47. The summed E-state index contributed by atoms with van der Waals surface area (Å²) in [6.45, 7) is 0.460. The van der Waals surface area contributed by atoms with Gasteiger partial charge in [-0.2, -0.15) is 5.26 Å². The normalized spacial score (nSPS) is 11.5. The lowest BCUT2D eigenvalue weighted by atomic mass is 10.1. The first-order valence-electron chi connectivity index (χ1n) is 7.86. The van der Waals surface area contributed by atoms with Gasteiger partial charge in [0.05, 0.1) is 15.7 Å². The largest absolute Gasteiger partial charge is 0.489 e. The van der Waals surface area contributed by atoms with Gasteiger partial charge in [0, 0.05) is 18.0 Å². The molecule has 0 saturated heterocycles. The van der Waals surface area contributed by atoms with Crippen LogP contribution in [-0.2, 0) is 17.4 Å². The Labute approximate surface area is 153 Å². The molecule has 1 atom stereocenters. The number of H-pyrrole nitrogens is 1. The van der Waals surface area contributed by atoms with Gasteiger partial charge in [-0.05, 0) is 23.3 Å². The SMILES string of the molecule is CS(=O)c1c(-c2ccc(OCc3ccccc3)cc2)c[nH]c(=O)c1C#N. The van der Waals surface area contributed by atoms with E-state index in [4.69, 9.17) is 4.74 Å². The third-order valence-electron chi connectivity index (χ3n) is 3.86. The van der Waals surface area contributed by atoms with Gasteiger partial charge in [0.2, 0.25) is 0 Å². The molecule has 1 N–H and O–H groups in total. The fraction of sp³-hybridized carbons (Fsp3) is 0.100. The summed E-state index contributed by atoms with van der Waals surface area (Å²) in [6.07, 6.45) is 2.94. The molecule has 0 aliphatic carbocycles. The molecule has 0 amide bonds. The minimum atomic E-state index is -1.47. The zero-order valence-corrected chi connectivity index (χ0v) is 14.9. The molecule has 130 valence electrons. The molecule has 0 fully saturated rings. The Hall–Kier alpha value is -3.17. The maximum atomic E-state index is 12.1. The van der Waals surface area contributed by atoms with Crippen molar-refractivity contribution in [3.05, 3.63) is 82.3 Å². The zero-order chi connectivity index (χ0) is 18.5. The van der Waals surface area contributed by atoms with Crippen molar-refractivity contribution in [3.63, 3.8) is 0 Å². The molecule has 0 saturated carbocycles. The smallest absolute Gasteiger partial charge is 0.267 e. The fourth-order valence-corrected chi connectivity index (χ4v) is 3.51. The molecule has 1 heterocycles. The van der Waals surface area contributed by atoms with E-state index in [1.165, 1.54) is 12.5 Å². The summed E-state index contributed by atoms with van der Waals surface area (Å²) in [5.74, 6) is 0.696. The van der Waals surface area contributed by atoms with Crippen LogP contribution in [0.25, 0.3) is 11.1 Å². The van der Waals surface area contributed by atoms with Gasteiger partial charge in [-0.1, -0.05) is 42.5 Å². The molecule has 1 aromatic heterocycles. The Morgan fingerprint density at radius 2 is 1.81 bits per heavy atom. The summed E-state index contributed by atoms with van der Waals surface area (Å²) in [5, 5.41) is 9.22. The number of nitriles is 1. The molecule has 0 aliphatic rings. The highest BCUT2D eigenvalue weighted by Crippen LogP contribution is 2.28. The molecule has 0 radical (unpaired) electrons. The number of hydrogen-bond donors (Lipinski definition) is 1. The summed E-state index contributed by atoms with van der Waals surface area (Å²) in [5.41, 5.74) is 1.73. The van der Waals surface area contributed by atoms with Crippen LogP contribution >= 0.6 is 0 Å². The van der Waals surface area contributed by atoms with Crippen molar-refractivity contribution in [3.8, 4) is 22.9 Å². The van der Waals surface area contributed by atoms with Gasteiger partial charge < -0.3 is 9.72 Å². The van der Waals surface area contributed by atoms with Gasteiger partial charge in [0.1, 0.15) is 24.0 Å².